The number of benzene rings is 1. The van der Waals surface area contributed by atoms with Crippen LogP contribution in [-0.2, 0) is 25.6 Å². The summed E-state index contributed by atoms with van der Waals surface area (Å²) in [6.07, 6.45) is 8.71. The quantitative estimate of drug-likeness (QED) is 0.302. The molecule has 2 heterocycles. The third-order valence-electron chi connectivity index (χ3n) is 7.12. The molecule has 0 aromatic heterocycles. The van der Waals surface area contributed by atoms with Gasteiger partial charge in [-0.05, 0) is 64.2 Å². The van der Waals surface area contributed by atoms with Crippen molar-refractivity contribution in [1.29, 1.82) is 0 Å². The lowest BCUT2D eigenvalue weighted by Crippen LogP contribution is -2.45. The SMILES string of the molecule is CCCCCc1cc(OCC(=O)ON2C(=O)CCC2=O)c2c(c1)OC(C)(C)C1CCC(C)=C[C@@H]21. The summed E-state index contributed by atoms with van der Waals surface area (Å²) in [5.74, 6) is 0.0484. The van der Waals surface area contributed by atoms with Gasteiger partial charge in [-0.2, -0.15) is 0 Å². The lowest BCUT2D eigenvalue weighted by atomic mass is 9.68. The van der Waals surface area contributed by atoms with E-state index in [2.05, 4.69) is 39.8 Å². The molecule has 1 aliphatic carbocycles. The molecule has 184 valence electrons. The first kappa shape index (κ1) is 24.3. The van der Waals surface area contributed by atoms with E-state index in [1.165, 1.54) is 5.57 Å². The van der Waals surface area contributed by atoms with Crippen LogP contribution in [0.15, 0.2) is 23.8 Å². The molecule has 1 aromatic carbocycles. The van der Waals surface area contributed by atoms with Crippen molar-refractivity contribution in [3.8, 4) is 11.5 Å². The zero-order valence-electron chi connectivity index (χ0n) is 20.6. The Morgan fingerprint density at radius 2 is 1.88 bits per heavy atom. The molecule has 2 aliphatic heterocycles. The van der Waals surface area contributed by atoms with Gasteiger partial charge in [-0.15, -0.1) is 5.06 Å². The van der Waals surface area contributed by atoms with Gasteiger partial charge in [0.2, 0.25) is 0 Å². The van der Waals surface area contributed by atoms with Crippen LogP contribution in [0.5, 0.6) is 11.5 Å². The van der Waals surface area contributed by atoms with Crippen molar-refractivity contribution in [3.63, 3.8) is 0 Å². The van der Waals surface area contributed by atoms with E-state index >= 15 is 0 Å². The fourth-order valence-corrected chi connectivity index (χ4v) is 5.33. The summed E-state index contributed by atoms with van der Waals surface area (Å²) in [6, 6.07) is 4.12. The van der Waals surface area contributed by atoms with Gasteiger partial charge in [0, 0.05) is 30.2 Å². The molecule has 2 atom stereocenters. The maximum Gasteiger partial charge on any atom is 0.370 e. The van der Waals surface area contributed by atoms with E-state index in [-0.39, 0.29) is 24.4 Å². The molecule has 0 bridgehead atoms. The number of imide groups is 1. The van der Waals surface area contributed by atoms with Gasteiger partial charge in [-0.3, -0.25) is 9.59 Å². The molecule has 7 heteroatoms. The van der Waals surface area contributed by atoms with E-state index in [1.807, 2.05) is 6.07 Å². The van der Waals surface area contributed by atoms with E-state index in [1.54, 1.807) is 0 Å². The van der Waals surface area contributed by atoms with E-state index in [9.17, 15) is 14.4 Å². The van der Waals surface area contributed by atoms with Crippen LogP contribution in [0.25, 0.3) is 0 Å². The number of carbonyl (C=O) groups is 3. The van der Waals surface area contributed by atoms with Crippen LogP contribution in [0.2, 0.25) is 0 Å². The minimum Gasteiger partial charge on any atom is -0.487 e. The Labute approximate surface area is 201 Å². The van der Waals surface area contributed by atoms with Crippen molar-refractivity contribution in [2.75, 3.05) is 6.61 Å². The number of fused-ring (bicyclic) bond motifs is 3. The van der Waals surface area contributed by atoms with Crippen LogP contribution in [0.3, 0.4) is 0 Å². The number of amides is 2. The van der Waals surface area contributed by atoms with Crippen LogP contribution in [0.1, 0.15) is 89.7 Å². The Morgan fingerprint density at radius 1 is 1.15 bits per heavy atom. The third kappa shape index (κ3) is 4.98. The van der Waals surface area contributed by atoms with Crippen molar-refractivity contribution < 1.29 is 28.7 Å². The number of rotatable bonds is 8. The second-order valence-electron chi connectivity index (χ2n) is 10.2. The van der Waals surface area contributed by atoms with Crippen molar-refractivity contribution in [2.45, 2.75) is 90.6 Å². The molecule has 1 aromatic rings. The van der Waals surface area contributed by atoms with Crippen molar-refractivity contribution >= 4 is 17.8 Å². The minimum absolute atomic E-state index is 0.0577. The number of allylic oxidation sites excluding steroid dienone is 2. The lowest BCUT2D eigenvalue weighted by Gasteiger charge is -2.46. The summed E-state index contributed by atoms with van der Waals surface area (Å²) in [5, 5.41) is 0.553. The Hall–Kier alpha value is -2.83. The molecule has 4 rings (SSSR count). The predicted molar refractivity (Wildman–Crippen MR) is 126 cm³/mol. The fourth-order valence-electron chi connectivity index (χ4n) is 5.33. The van der Waals surface area contributed by atoms with Gasteiger partial charge in [-0.1, -0.05) is 31.4 Å². The van der Waals surface area contributed by atoms with Crippen LogP contribution in [0.4, 0.5) is 0 Å². The first-order valence-electron chi connectivity index (χ1n) is 12.4. The molecule has 2 amide bonds. The first-order valence-corrected chi connectivity index (χ1v) is 12.4. The number of nitrogens with zero attached hydrogens (tertiary/aromatic N) is 1. The number of hydroxylamine groups is 2. The Kier molecular flexibility index (Phi) is 7.01. The van der Waals surface area contributed by atoms with Crippen LogP contribution < -0.4 is 9.47 Å². The standard InChI is InChI=1S/C27H35NO6/c1-5-6-7-8-18-14-21(32-16-25(31)34-28-23(29)11-12-24(28)30)26-19-13-17(2)9-10-20(19)27(3,4)33-22(26)15-18/h13-15,19-20H,5-12,16H2,1-4H3/t19-,20?/m1/s1. The smallest absolute Gasteiger partial charge is 0.370 e. The van der Waals surface area contributed by atoms with Crippen LogP contribution >= 0.6 is 0 Å². The van der Waals surface area contributed by atoms with Gasteiger partial charge in [0.1, 0.15) is 17.1 Å². The van der Waals surface area contributed by atoms with E-state index < -0.39 is 24.4 Å². The topological polar surface area (TPSA) is 82.1 Å². The summed E-state index contributed by atoms with van der Waals surface area (Å²) in [7, 11) is 0. The zero-order valence-corrected chi connectivity index (χ0v) is 20.6. The lowest BCUT2D eigenvalue weighted by molar-refractivity contribution is -0.198. The summed E-state index contributed by atoms with van der Waals surface area (Å²) in [6.45, 7) is 8.22. The Morgan fingerprint density at radius 3 is 2.59 bits per heavy atom. The van der Waals surface area contributed by atoms with Gasteiger partial charge in [0.05, 0.1) is 0 Å². The number of hydrogen-bond acceptors (Lipinski definition) is 6. The van der Waals surface area contributed by atoms with E-state index in [0.717, 1.165) is 55.4 Å². The van der Waals surface area contributed by atoms with Gasteiger partial charge in [-0.25, -0.2) is 4.79 Å². The van der Waals surface area contributed by atoms with Gasteiger partial charge in [0.25, 0.3) is 11.8 Å². The Bertz CT molecular complexity index is 995. The number of unbranched alkanes of at least 4 members (excludes halogenated alkanes) is 2. The predicted octanol–water partition coefficient (Wildman–Crippen LogP) is 5.02. The maximum atomic E-state index is 12.4. The van der Waals surface area contributed by atoms with Crippen molar-refractivity contribution in [1.82, 2.24) is 5.06 Å². The molecule has 3 aliphatic rings. The highest BCUT2D eigenvalue weighted by molar-refractivity contribution is 6.01. The monoisotopic (exact) mass is 469 g/mol. The minimum atomic E-state index is -0.780. The zero-order chi connectivity index (χ0) is 24.5. The average molecular weight is 470 g/mol. The highest BCUT2D eigenvalue weighted by atomic mass is 16.7. The van der Waals surface area contributed by atoms with Gasteiger partial charge in [0.15, 0.2) is 6.61 Å². The van der Waals surface area contributed by atoms with Crippen LogP contribution in [-0.4, -0.2) is 35.1 Å². The average Bonchev–Trinajstić information content (AvgIpc) is 3.09. The summed E-state index contributed by atoms with van der Waals surface area (Å²) in [5.41, 5.74) is 3.09. The second kappa shape index (κ2) is 9.80. The molecule has 1 unspecified atom stereocenters. The van der Waals surface area contributed by atoms with Gasteiger partial charge >= 0.3 is 5.97 Å². The summed E-state index contributed by atoms with van der Waals surface area (Å²) < 4.78 is 12.5. The van der Waals surface area contributed by atoms with Crippen molar-refractivity contribution in [3.05, 3.63) is 34.9 Å². The number of hydrogen-bond donors (Lipinski definition) is 0. The molecule has 0 spiro atoms. The molecule has 1 fully saturated rings. The highest BCUT2D eigenvalue weighted by Crippen LogP contribution is 2.53. The highest BCUT2D eigenvalue weighted by Gasteiger charge is 2.45. The maximum absolute atomic E-state index is 12.4. The number of aryl methyl sites for hydroxylation is 1. The van der Waals surface area contributed by atoms with Crippen molar-refractivity contribution in [2.24, 2.45) is 5.92 Å². The summed E-state index contributed by atoms with van der Waals surface area (Å²) >= 11 is 0. The number of carbonyl (C=O) groups excluding carboxylic acids is 3. The molecule has 34 heavy (non-hydrogen) atoms. The van der Waals surface area contributed by atoms with Crippen LogP contribution in [0, 0.1) is 5.92 Å². The molecule has 1 saturated heterocycles. The molecule has 0 radical (unpaired) electrons. The first-order chi connectivity index (χ1) is 16.2. The third-order valence-corrected chi connectivity index (χ3v) is 7.12. The van der Waals surface area contributed by atoms with E-state index in [4.69, 9.17) is 14.3 Å². The molecular formula is C27H35NO6. The van der Waals surface area contributed by atoms with E-state index in [0.29, 0.717) is 16.7 Å². The second-order valence-corrected chi connectivity index (χ2v) is 10.2. The molecular weight excluding hydrogens is 434 g/mol. The normalized spacial score (nSPS) is 23.1. The summed E-state index contributed by atoms with van der Waals surface area (Å²) in [4.78, 5) is 41.0. The Balaban J connectivity index is 1.62. The largest absolute Gasteiger partial charge is 0.487 e. The van der Waals surface area contributed by atoms with Gasteiger partial charge < -0.3 is 14.3 Å². The molecule has 0 N–H and O–H groups in total. The fraction of sp³-hybridized carbons (Fsp3) is 0.593. The number of ether oxygens (including phenoxy) is 2. The molecule has 0 saturated carbocycles. The molecule has 7 nitrogen and oxygen atoms in total.